The predicted octanol–water partition coefficient (Wildman–Crippen LogP) is 2.12. The van der Waals surface area contributed by atoms with Crippen LogP contribution in [0.1, 0.15) is 23.8 Å². The summed E-state index contributed by atoms with van der Waals surface area (Å²) in [6.07, 6.45) is 2.10. The maximum Gasteiger partial charge on any atom is 0.270 e. The fourth-order valence-corrected chi connectivity index (χ4v) is 3.89. The largest absolute Gasteiger partial charge is 0.270 e. The van der Waals surface area contributed by atoms with Gasteiger partial charge in [-0.05, 0) is 18.9 Å². The minimum atomic E-state index is -3.91. The summed E-state index contributed by atoms with van der Waals surface area (Å²) in [6.45, 7) is 0. The van der Waals surface area contributed by atoms with Crippen molar-refractivity contribution < 1.29 is 13.3 Å². The number of nitrogens with one attached hydrogen (secondary N) is 1. The van der Waals surface area contributed by atoms with Crippen molar-refractivity contribution >= 4 is 32.2 Å². The summed E-state index contributed by atoms with van der Waals surface area (Å²) in [6, 6.07) is 4.85. The van der Waals surface area contributed by atoms with Crippen molar-refractivity contribution in [3.8, 4) is 0 Å². The van der Waals surface area contributed by atoms with Gasteiger partial charge in [-0.1, -0.05) is 17.4 Å². The number of nitrogens with zero attached hydrogens (tertiary/aromatic N) is 3. The van der Waals surface area contributed by atoms with Crippen LogP contribution in [-0.2, 0) is 10.0 Å². The van der Waals surface area contributed by atoms with Gasteiger partial charge >= 0.3 is 0 Å². The van der Waals surface area contributed by atoms with Gasteiger partial charge in [-0.2, -0.15) is 0 Å². The Morgan fingerprint density at radius 2 is 2.10 bits per heavy atom. The van der Waals surface area contributed by atoms with Crippen LogP contribution in [0.3, 0.4) is 0 Å². The minimum Gasteiger partial charge on any atom is -0.258 e. The molecule has 1 heterocycles. The summed E-state index contributed by atoms with van der Waals surface area (Å²) >= 11 is 1.19. The van der Waals surface area contributed by atoms with E-state index in [1.807, 2.05) is 0 Å². The van der Waals surface area contributed by atoms with E-state index in [0.717, 1.165) is 23.9 Å². The molecular formula is C11H10N4O4S2. The second kappa shape index (κ2) is 5.04. The summed E-state index contributed by atoms with van der Waals surface area (Å²) in [7, 11) is -3.91. The fraction of sp³-hybridized carbons (Fsp3) is 0.273. The van der Waals surface area contributed by atoms with Crippen LogP contribution in [0.4, 0.5) is 10.8 Å². The highest BCUT2D eigenvalue weighted by Crippen LogP contribution is 2.42. The van der Waals surface area contributed by atoms with Gasteiger partial charge in [0, 0.05) is 18.1 Å². The van der Waals surface area contributed by atoms with Gasteiger partial charge in [0.25, 0.3) is 15.7 Å². The fourth-order valence-electron chi connectivity index (χ4n) is 1.71. The normalized spacial score (nSPS) is 14.9. The number of anilines is 1. The molecule has 0 saturated heterocycles. The van der Waals surface area contributed by atoms with Crippen LogP contribution < -0.4 is 4.72 Å². The number of aromatic nitrogens is 2. The van der Waals surface area contributed by atoms with Crippen LogP contribution in [0.25, 0.3) is 0 Å². The van der Waals surface area contributed by atoms with Crippen LogP contribution >= 0.6 is 11.3 Å². The smallest absolute Gasteiger partial charge is 0.258 e. The zero-order valence-corrected chi connectivity index (χ0v) is 12.2. The lowest BCUT2D eigenvalue weighted by atomic mass is 10.3. The van der Waals surface area contributed by atoms with Crippen molar-refractivity contribution in [2.45, 2.75) is 23.7 Å². The van der Waals surface area contributed by atoms with E-state index in [1.165, 1.54) is 29.5 Å². The molecule has 0 amide bonds. The first-order valence-corrected chi connectivity index (χ1v) is 8.36. The first-order valence-electron chi connectivity index (χ1n) is 6.06. The number of nitro groups is 1. The Hall–Kier alpha value is -2.07. The maximum absolute atomic E-state index is 12.2. The molecule has 1 aromatic heterocycles. The Bertz CT molecular complexity index is 798. The average molecular weight is 326 g/mol. The SMILES string of the molecule is O=[N+]([O-])c1cccc(S(=O)(=O)Nc2nnc(C3CC3)s2)c1. The van der Waals surface area contributed by atoms with Crippen LogP contribution in [0, 0.1) is 10.1 Å². The quantitative estimate of drug-likeness (QED) is 0.664. The number of nitro benzene ring substituents is 1. The van der Waals surface area contributed by atoms with Gasteiger partial charge in [0.05, 0.1) is 9.82 Å². The standard InChI is InChI=1S/C11H10N4O4S2/c16-15(17)8-2-1-3-9(6-8)21(18,19)14-11-13-12-10(20-11)7-4-5-7/h1-3,6-7H,4-5H2,(H,13,14). The zero-order chi connectivity index (χ0) is 15.0. The third-order valence-corrected chi connectivity index (χ3v) is 5.39. The molecule has 21 heavy (non-hydrogen) atoms. The topological polar surface area (TPSA) is 115 Å². The summed E-state index contributed by atoms with van der Waals surface area (Å²) in [5.74, 6) is 0.388. The molecule has 0 atom stereocenters. The molecule has 1 aliphatic rings. The number of hydrogen-bond donors (Lipinski definition) is 1. The van der Waals surface area contributed by atoms with Crippen LogP contribution in [0.5, 0.6) is 0 Å². The Balaban J connectivity index is 1.85. The number of rotatable bonds is 5. The van der Waals surface area contributed by atoms with Gasteiger partial charge in [-0.25, -0.2) is 8.42 Å². The van der Waals surface area contributed by atoms with E-state index >= 15 is 0 Å². The molecule has 2 aromatic rings. The van der Waals surface area contributed by atoms with Crippen LogP contribution in [0.2, 0.25) is 0 Å². The third kappa shape index (κ3) is 3.00. The molecule has 0 spiro atoms. The van der Waals surface area contributed by atoms with Gasteiger partial charge < -0.3 is 0 Å². The van der Waals surface area contributed by atoms with Crippen molar-refractivity contribution in [2.24, 2.45) is 0 Å². The molecule has 1 aromatic carbocycles. The average Bonchev–Trinajstić information content (AvgIpc) is 3.20. The van der Waals surface area contributed by atoms with Crippen LogP contribution in [-0.4, -0.2) is 23.5 Å². The van der Waals surface area contributed by atoms with E-state index in [1.54, 1.807) is 0 Å². The molecule has 10 heteroatoms. The molecule has 8 nitrogen and oxygen atoms in total. The second-order valence-corrected chi connectivity index (χ2v) is 7.27. The lowest BCUT2D eigenvalue weighted by Gasteiger charge is -2.04. The lowest BCUT2D eigenvalue weighted by molar-refractivity contribution is -0.385. The molecule has 1 aliphatic carbocycles. The predicted molar refractivity (Wildman–Crippen MR) is 75.8 cm³/mol. The third-order valence-electron chi connectivity index (χ3n) is 2.93. The molecule has 3 rings (SSSR count). The van der Waals surface area contributed by atoms with E-state index in [4.69, 9.17) is 0 Å². The van der Waals surface area contributed by atoms with Crippen molar-refractivity contribution in [3.05, 3.63) is 39.4 Å². The number of hydrogen-bond acceptors (Lipinski definition) is 7. The molecule has 1 fully saturated rings. The monoisotopic (exact) mass is 326 g/mol. The highest BCUT2D eigenvalue weighted by Gasteiger charge is 2.28. The molecule has 110 valence electrons. The van der Waals surface area contributed by atoms with Gasteiger partial charge in [0.1, 0.15) is 5.01 Å². The van der Waals surface area contributed by atoms with Gasteiger partial charge in [0.15, 0.2) is 0 Å². The summed E-state index contributed by atoms with van der Waals surface area (Å²) < 4.78 is 26.7. The first kappa shape index (κ1) is 13.9. The highest BCUT2D eigenvalue weighted by atomic mass is 32.2. The maximum atomic E-state index is 12.2. The molecule has 0 aliphatic heterocycles. The Morgan fingerprint density at radius 3 is 2.76 bits per heavy atom. The Kier molecular flexibility index (Phi) is 3.33. The molecule has 0 radical (unpaired) electrons. The first-order chi connectivity index (χ1) is 9.95. The van der Waals surface area contributed by atoms with Crippen molar-refractivity contribution in [1.29, 1.82) is 0 Å². The van der Waals surface area contributed by atoms with E-state index < -0.39 is 14.9 Å². The summed E-state index contributed by atoms with van der Waals surface area (Å²) in [5, 5.41) is 19.4. The van der Waals surface area contributed by atoms with Crippen molar-refractivity contribution in [1.82, 2.24) is 10.2 Å². The Morgan fingerprint density at radius 1 is 1.33 bits per heavy atom. The molecular weight excluding hydrogens is 316 g/mol. The van der Waals surface area contributed by atoms with E-state index in [9.17, 15) is 18.5 Å². The lowest BCUT2D eigenvalue weighted by Crippen LogP contribution is -2.13. The zero-order valence-electron chi connectivity index (χ0n) is 10.6. The van der Waals surface area contributed by atoms with Crippen LogP contribution in [0.15, 0.2) is 29.2 Å². The Labute approximate surface area is 124 Å². The van der Waals surface area contributed by atoms with Gasteiger partial charge in [-0.3, -0.25) is 14.8 Å². The second-order valence-electron chi connectivity index (χ2n) is 4.58. The summed E-state index contributed by atoms with van der Waals surface area (Å²) in [5.41, 5.74) is -0.284. The van der Waals surface area contributed by atoms with Gasteiger partial charge in [0.2, 0.25) is 5.13 Å². The molecule has 0 unspecified atom stereocenters. The minimum absolute atomic E-state index is 0.170. The van der Waals surface area contributed by atoms with E-state index in [0.29, 0.717) is 5.92 Å². The van der Waals surface area contributed by atoms with Crippen molar-refractivity contribution in [3.63, 3.8) is 0 Å². The van der Waals surface area contributed by atoms with Crippen molar-refractivity contribution in [2.75, 3.05) is 4.72 Å². The molecule has 0 bridgehead atoms. The van der Waals surface area contributed by atoms with Gasteiger partial charge in [-0.15, -0.1) is 10.2 Å². The molecule has 1 saturated carbocycles. The number of sulfonamides is 1. The number of benzene rings is 1. The van der Waals surface area contributed by atoms with E-state index in [-0.39, 0.29) is 15.7 Å². The molecule has 1 N–H and O–H groups in total. The highest BCUT2D eigenvalue weighted by molar-refractivity contribution is 7.93. The van der Waals surface area contributed by atoms with E-state index in [2.05, 4.69) is 14.9 Å². The number of non-ortho nitro benzene ring substituents is 1. The summed E-state index contributed by atoms with van der Waals surface area (Å²) in [4.78, 5) is 9.87.